The fourth-order valence-corrected chi connectivity index (χ4v) is 0.749. The molecule has 1 aromatic heterocycles. The van der Waals surface area contributed by atoms with Gasteiger partial charge in [0.05, 0.1) is 0 Å². The summed E-state index contributed by atoms with van der Waals surface area (Å²) in [5, 5.41) is 11.0. The fourth-order valence-electron chi connectivity index (χ4n) is 0.749. The van der Waals surface area contributed by atoms with Gasteiger partial charge in [0.15, 0.2) is 18.2 Å². The Labute approximate surface area is 70.9 Å². The lowest BCUT2D eigenvalue weighted by atomic mass is 10.4. The number of pyridine rings is 1. The van der Waals surface area contributed by atoms with Gasteiger partial charge in [0, 0.05) is 20.1 Å². The van der Waals surface area contributed by atoms with Crippen molar-refractivity contribution in [3.05, 3.63) is 29.2 Å². The molecule has 0 radical (unpaired) electrons. The molecule has 12 heavy (non-hydrogen) atoms. The summed E-state index contributed by atoms with van der Waals surface area (Å²) >= 11 is 0. The van der Waals surface area contributed by atoms with Crippen molar-refractivity contribution in [1.29, 1.82) is 0 Å². The first-order valence-electron chi connectivity index (χ1n) is 3.55. The second kappa shape index (κ2) is 3.92. The van der Waals surface area contributed by atoms with Crippen LogP contribution in [0.25, 0.3) is 0 Å². The van der Waals surface area contributed by atoms with Gasteiger partial charge in [-0.3, -0.25) is 0 Å². The Bertz CT molecular complexity index is 262. The summed E-state index contributed by atoms with van der Waals surface area (Å²) in [6, 6.07) is 3.42. The summed E-state index contributed by atoms with van der Waals surface area (Å²) in [6.07, 6.45) is 1.37. The summed E-state index contributed by atoms with van der Waals surface area (Å²) in [4.78, 5) is 0. The van der Waals surface area contributed by atoms with E-state index < -0.39 is 0 Å². The van der Waals surface area contributed by atoms with Crippen molar-refractivity contribution in [3.63, 3.8) is 0 Å². The van der Waals surface area contributed by atoms with Gasteiger partial charge >= 0.3 is 0 Å². The van der Waals surface area contributed by atoms with Gasteiger partial charge in [-0.05, 0) is 6.07 Å². The van der Waals surface area contributed by atoms with E-state index in [1.54, 1.807) is 19.1 Å². The first-order valence-corrected chi connectivity index (χ1v) is 3.55. The Morgan fingerprint density at radius 2 is 2.25 bits per heavy atom. The van der Waals surface area contributed by atoms with Crippen LogP contribution in [0.2, 0.25) is 0 Å². The van der Waals surface area contributed by atoms with Crippen molar-refractivity contribution in [2.75, 3.05) is 13.9 Å². The molecule has 0 fully saturated rings. The molecule has 1 heterocycles. The third-order valence-electron chi connectivity index (χ3n) is 1.42. The minimum absolute atomic E-state index is 0.156. The van der Waals surface area contributed by atoms with Gasteiger partial charge in [0.1, 0.15) is 0 Å². The minimum Gasteiger partial charge on any atom is -0.618 e. The summed E-state index contributed by atoms with van der Waals surface area (Å²) in [5.41, 5.74) is 0.639. The molecule has 4 heteroatoms. The van der Waals surface area contributed by atoms with Gasteiger partial charge in [-0.2, -0.15) is 4.73 Å². The van der Waals surface area contributed by atoms with E-state index in [1.807, 2.05) is 0 Å². The SMILES string of the molecule is COCOc1ccc(C)[n+]([O-])c1. The maximum absolute atomic E-state index is 11.0. The van der Waals surface area contributed by atoms with Crippen molar-refractivity contribution in [1.82, 2.24) is 0 Å². The van der Waals surface area contributed by atoms with Crippen molar-refractivity contribution in [3.8, 4) is 5.75 Å². The van der Waals surface area contributed by atoms with E-state index in [0.717, 1.165) is 4.73 Å². The number of aryl methyl sites for hydroxylation is 1. The average Bonchev–Trinajstić information content (AvgIpc) is 2.07. The molecule has 0 aromatic carbocycles. The number of methoxy groups -OCH3 is 1. The van der Waals surface area contributed by atoms with Gasteiger partial charge in [-0.15, -0.1) is 0 Å². The van der Waals surface area contributed by atoms with Gasteiger partial charge in [-0.25, -0.2) is 0 Å². The van der Waals surface area contributed by atoms with Crippen LogP contribution >= 0.6 is 0 Å². The normalized spacial score (nSPS) is 9.83. The van der Waals surface area contributed by atoms with Crippen molar-refractivity contribution in [2.45, 2.75) is 6.92 Å². The Kier molecular flexibility index (Phi) is 2.88. The van der Waals surface area contributed by atoms with E-state index in [4.69, 9.17) is 4.74 Å². The number of nitrogens with zero attached hydrogens (tertiary/aromatic N) is 1. The molecule has 0 atom stereocenters. The maximum atomic E-state index is 11.0. The summed E-state index contributed by atoms with van der Waals surface area (Å²) in [7, 11) is 1.53. The van der Waals surface area contributed by atoms with Crippen LogP contribution in [-0.2, 0) is 4.74 Å². The van der Waals surface area contributed by atoms with E-state index in [-0.39, 0.29) is 6.79 Å². The fraction of sp³-hybridized carbons (Fsp3) is 0.375. The van der Waals surface area contributed by atoms with Crippen molar-refractivity contribution in [2.24, 2.45) is 0 Å². The lowest BCUT2D eigenvalue weighted by Gasteiger charge is -2.04. The summed E-state index contributed by atoms with van der Waals surface area (Å²) in [6.45, 7) is 1.89. The number of hydrogen-bond acceptors (Lipinski definition) is 3. The molecule has 0 N–H and O–H groups in total. The third-order valence-corrected chi connectivity index (χ3v) is 1.42. The number of aromatic nitrogens is 1. The van der Waals surface area contributed by atoms with Gasteiger partial charge in [-0.1, -0.05) is 0 Å². The Hall–Kier alpha value is -1.29. The molecule has 0 aliphatic heterocycles. The van der Waals surface area contributed by atoms with E-state index in [0.29, 0.717) is 11.4 Å². The summed E-state index contributed by atoms with van der Waals surface area (Å²) < 4.78 is 10.5. The molecule has 1 rings (SSSR count). The molecule has 0 amide bonds. The monoisotopic (exact) mass is 169 g/mol. The zero-order valence-corrected chi connectivity index (χ0v) is 7.11. The molecule has 0 saturated carbocycles. The predicted octanol–water partition coefficient (Wildman–Crippen LogP) is 0.611. The third kappa shape index (κ3) is 2.10. The number of ether oxygens (including phenoxy) is 2. The zero-order valence-electron chi connectivity index (χ0n) is 7.11. The quantitative estimate of drug-likeness (QED) is 0.378. The van der Waals surface area contributed by atoms with Crippen LogP contribution in [0.15, 0.2) is 18.3 Å². The minimum atomic E-state index is 0.156. The Morgan fingerprint density at radius 3 is 2.83 bits per heavy atom. The van der Waals surface area contributed by atoms with Crippen molar-refractivity contribution < 1.29 is 14.2 Å². The second-order valence-electron chi connectivity index (χ2n) is 2.38. The first kappa shape index (κ1) is 8.80. The van der Waals surface area contributed by atoms with Crippen LogP contribution in [0.4, 0.5) is 0 Å². The van der Waals surface area contributed by atoms with Crippen LogP contribution in [0.1, 0.15) is 5.69 Å². The van der Waals surface area contributed by atoms with Gasteiger partial charge in [0.2, 0.25) is 6.20 Å². The average molecular weight is 169 g/mol. The van der Waals surface area contributed by atoms with E-state index in [1.165, 1.54) is 13.3 Å². The van der Waals surface area contributed by atoms with Crippen LogP contribution in [0.5, 0.6) is 5.75 Å². The largest absolute Gasteiger partial charge is 0.618 e. The highest BCUT2D eigenvalue weighted by atomic mass is 16.7. The molecular formula is C8H11NO3. The highest BCUT2D eigenvalue weighted by molar-refractivity contribution is 5.15. The lowest BCUT2D eigenvalue weighted by molar-refractivity contribution is -0.612. The maximum Gasteiger partial charge on any atom is 0.222 e. The molecule has 0 unspecified atom stereocenters. The van der Waals surface area contributed by atoms with Crippen LogP contribution in [0, 0.1) is 12.1 Å². The molecule has 4 nitrogen and oxygen atoms in total. The van der Waals surface area contributed by atoms with Crippen LogP contribution in [-0.4, -0.2) is 13.9 Å². The van der Waals surface area contributed by atoms with Crippen LogP contribution < -0.4 is 9.47 Å². The standard InChI is InChI=1S/C8H11NO3/c1-7-3-4-8(5-9(7)10)12-6-11-2/h3-5H,6H2,1-2H3. The van der Waals surface area contributed by atoms with Crippen LogP contribution in [0.3, 0.4) is 0 Å². The van der Waals surface area contributed by atoms with Gasteiger partial charge in [0.25, 0.3) is 0 Å². The first-order chi connectivity index (χ1) is 5.74. The molecule has 0 saturated heterocycles. The van der Waals surface area contributed by atoms with E-state index >= 15 is 0 Å². The zero-order chi connectivity index (χ0) is 8.97. The highest BCUT2D eigenvalue weighted by Crippen LogP contribution is 2.06. The summed E-state index contributed by atoms with van der Waals surface area (Å²) in [5.74, 6) is 0.512. The second-order valence-corrected chi connectivity index (χ2v) is 2.38. The highest BCUT2D eigenvalue weighted by Gasteiger charge is 2.01. The molecular weight excluding hydrogens is 158 g/mol. The Balaban J connectivity index is 2.69. The van der Waals surface area contributed by atoms with Crippen molar-refractivity contribution >= 4 is 0 Å². The molecule has 0 spiro atoms. The van der Waals surface area contributed by atoms with E-state index in [9.17, 15) is 5.21 Å². The molecule has 0 aliphatic rings. The molecule has 66 valence electrons. The predicted molar refractivity (Wildman–Crippen MR) is 42.6 cm³/mol. The molecule has 0 aliphatic carbocycles. The number of rotatable bonds is 3. The van der Waals surface area contributed by atoms with Gasteiger partial charge < -0.3 is 14.7 Å². The van der Waals surface area contributed by atoms with E-state index in [2.05, 4.69) is 4.74 Å². The molecule has 1 aromatic rings. The number of hydrogen-bond donors (Lipinski definition) is 0. The smallest absolute Gasteiger partial charge is 0.222 e. The topological polar surface area (TPSA) is 45.4 Å². The lowest BCUT2D eigenvalue weighted by Crippen LogP contribution is -2.29. The molecule has 0 bridgehead atoms. The Morgan fingerprint density at radius 1 is 1.50 bits per heavy atom.